The quantitative estimate of drug-likeness (QED) is 0.364. The van der Waals surface area contributed by atoms with Crippen molar-refractivity contribution in [2.24, 2.45) is 11.1 Å². The molecule has 17 heavy (non-hydrogen) atoms. The van der Waals surface area contributed by atoms with E-state index in [-0.39, 0.29) is 11.3 Å². The molecule has 0 fully saturated rings. The Kier molecular flexibility index (Phi) is 5.46. The van der Waals surface area contributed by atoms with Crippen LogP contribution in [-0.2, 0) is 0 Å². The van der Waals surface area contributed by atoms with Crippen molar-refractivity contribution in [2.45, 2.75) is 31.7 Å². The van der Waals surface area contributed by atoms with Gasteiger partial charge in [0.1, 0.15) is 0 Å². The predicted molar refractivity (Wildman–Crippen MR) is 77.6 cm³/mol. The van der Waals surface area contributed by atoms with E-state index in [9.17, 15) is 0 Å². The maximum Gasteiger partial charge on any atom is 0.0963 e. The Labute approximate surface area is 115 Å². The monoisotopic (exact) mass is 315 g/mol. The highest BCUT2D eigenvalue weighted by molar-refractivity contribution is 9.10. The molecule has 0 aliphatic heterocycles. The molecular formula is C12H18BrN3S. The van der Waals surface area contributed by atoms with E-state index in [1.54, 1.807) is 11.8 Å². The van der Waals surface area contributed by atoms with Gasteiger partial charge in [-0.3, -0.25) is 5.41 Å². The van der Waals surface area contributed by atoms with Crippen molar-refractivity contribution in [3.05, 3.63) is 22.8 Å². The largest absolute Gasteiger partial charge is 0.387 e. The van der Waals surface area contributed by atoms with Crippen LogP contribution < -0.4 is 5.73 Å². The number of hydrogen-bond donors (Lipinski definition) is 2. The average Bonchev–Trinajstić information content (AvgIpc) is 2.26. The van der Waals surface area contributed by atoms with Gasteiger partial charge >= 0.3 is 0 Å². The van der Waals surface area contributed by atoms with Gasteiger partial charge in [0, 0.05) is 16.1 Å². The number of nitrogens with zero attached hydrogens (tertiary/aromatic N) is 1. The van der Waals surface area contributed by atoms with Gasteiger partial charge in [-0.25, -0.2) is 4.98 Å². The second kappa shape index (κ2) is 6.40. The molecule has 94 valence electrons. The van der Waals surface area contributed by atoms with Gasteiger partial charge in [0.25, 0.3) is 0 Å². The highest BCUT2D eigenvalue weighted by Gasteiger charge is 2.20. The summed E-state index contributed by atoms with van der Waals surface area (Å²) in [5.74, 6) is 1.27. The number of nitrogens with two attached hydrogens (primary N) is 1. The van der Waals surface area contributed by atoms with E-state index in [1.807, 2.05) is 32.2 Å². The summed E-state index contributed by atoms with van der Waals surface area (Å²) in [5, 5.41) is 8.51. The summed E-state index contributed by atoms with van der Waals surface area (Å²) in [4.78, 5) is 4.30. The maximum atomic E-state index is 7.47. The summed E-state index contributed by atoms with van der Waals surface area (Å²) in [5.41, 5.74) is 5.35. The van der Waals surface area contributed by atoms with Crippen molar-refractivity contribution < 1.29 is 0 Å². The third-order valence-electron chi connectivity index (χ3n) is 2.63. The lowest BCUT2D eigenvalue weighted by Crippen LogP contribution is -2.30. The molecule has 1 heterocycles. The Bertz CT molecular complexity index is 376. The summed E-state index contributed by atoms with van der Waals surface area (Å²) < 4.78 is 1.000. The molecule has 0 saturated carbocycles. The third kappa shape index (κ3) is 5.08. The first-order valence-electron chi connectivity index (χ1n) is 5.51. The fourth-order valence-electron chi connectivity index (χ4n) is 1.27. The number of amidine groups is 1. The molecule has 0 amide bonds. The molecule has 0 aliphatic rings. The topological polar surface area (TPSA) is 62.8 Å². The van der Waals surface area contributed by atoms with E-state index in [1.165, 1.54) is 0 Å². The zero-order chi connectivity index (χ0) is 12.9. The molecule has 0 aromatic carbocycles. The van der Waals surface area contributed by atoms with E-state index in [0.29, 0.717) is 0 Å². The number of rotatable bonds is 6. The number of nitrogens with one attached hydrogen (secondary N) is 1. The Morgan fingerprint density at radius 3 is 2.76 bits per heavy atom. The Morgan fingerprint density at radius 2 is 2.24 bits per heavy atom. The van der Waals surface area contributed by atoms with Crippen molar-refractivity contribution in [1.82, 2.24) is 4.98 Å². The zero-order valence-corrected chi connectivity index (χ0v) is 12.6. The van der Waals surface area contributed by atoms with Gasteiger partial charge in [-0.2, -0.15) is 0 Å². The van der Waals surface area contributed by atoms with Crippen LogP contribution in [0.1, 0.15) is 26.7 Å². The summed E-state index contributed by atoms with van der Waals surface area (Å²) in [6.45, 7) is 4.02. The minimum Gasteiger partial charge on any atom is -0.387 e. The molecule has 0 aliphatic carbocycles. The molecule has 3 N–H and O–H groups in total. The van der Waals surface area contributed by atoms with E-state index in [4.69, 9.17) is 11.1 Å². The van der Waals surface area contributed by atoms with Gasteiger partial charge in [0.15, 0.2) is 0 Å². The maximum absolute atomic E-state index is 7.47. The fraction of sp³-hybridized carbons (Fsp3) is 0.500. The Balaban J connectivity index is 2.29. The average molecular weight is 316 g/mol. The molecule has 3 nitrogen and oxygen atoms in total. The van der Waals surface area contributed by atoms with Crippen molar-refractivity contribution >= 4 is 33.5 Å². The number of hydrogen-bond acceptors (Lipinski definition) is 3. The van der Waals surface area contributed by atoms with Crippen LogP contribution in [0.15, 0.2) is 27.8 Å². The molecule has 0 atom stereocenters. The van der Waals surface area contributed by atoms with Crippen molar-refractivity contribution in [2.75, 3.05) is 5.75 Å². The molecule has 0 unspecified atom stereocenters. The van der Waals surface area contributed by atoms with Crippen LogP contribution in [0, 0.1) is 10.8 Å². The van der Waals surface area contributed by atoms with Crippen LogP contribution in [0.4, 0.5) is 0 Å². The van der Waals surface area contributed by atoms with E-state index in [0.717, 1.165) is 28.1 Å². The minimum atomic E-state index is -0.187. The fourth-order valence-corrected chi connectivity index (χ4v) is 2.30. The lowest BCUT2D eigenvalue weighted by Gasteiger charge is -2.22. The smallest absolute Gasteiger partial charge is 0.0963 e. The summed E-state index contributed by atoms with van der Waals surface area (Å²) in [6, 6.07) is 4.00. The normalized spacial score (nSPS) is 11.5. The molecule has 0 radical (unpaired) electrons. The zero-order valence-electron chi connectivity index (χ0n) is 10.2. The molecule has 1 aromatic heterocycles. The Morgan fingerprint density at radius 1 is 1.53 bits per heavy atom. The third-order valence-corrected chi connectivity index (χ3v) is 4.12. The minimum absolute atomic E-state index is 0.187. The molecule has 5 heteroatoms. The van der Waals surface area contributed by atoms with Crippen LogP contribution in [0.5, 0.6) is 0 Å². The van der Waals surface area contributed by atoms with Crippen molar-refractivity contribution in [3.8, 4) is 0 Å². The van der Waals surface area contributed by atoms with Gasteiger partial charge < -0.3 is 5.73 Å². The molecule has 1 aromatic rings. The molecule has 1 rings (SSSR count). The lowest BCUT2D eigenvalue weighted by molar-refractivity contribution is 0.464. The summed E-state index contributed by atoms with van der Waals surface area (Å²) in [6.07, 6.45) is 3.78. The van der Waals surface area contributed by atoms with Crippen molar-refractivity contribution in [1.29, 1.82) is 5.41 Å². The number of halogens is 1. The molecular weight excluding hydrogens is 298 g/mol. The molecule has 0 spiro atoms. The molecule has 0 bridgehead atoms. The number of thioether (sulfide) groups is 1. The first-order chi connectivity index (χ1) is 7.92. The summed E-state index contributed by atoms with van der Waals surface area (Å²) >= 11 is 5.10. The lowest BCUT2D eigenvalue weighted by atomic mass is 9.87. The van der Waals surface area contributed by atoms with Crippen LogP contribution in [0.3, 0.4) is 0 Å². The van der Waals surface area contributed by atoms with Crippen LogP contribution in [-0.4, -0.2) is 16.6 Å². The van der Waals surface area contributed by atoms with E-state index >= 15 is 0 Å². The molecule has 0 saturated heterocycles. The first kappa shape index (κ1) is 14.5. The summed E-state index contributed by atoms with van der Waals surface area (Å²) in [7, 11) is 0. The number of aromatic nitrogens is 1. The Hall–Kier alpha value is -0.550. The van der Waals surface area contributed by atoms with Gasteiger partial charge in [-0.1, -0.05) is 13.8 Å². The highest BCUT2D eigenvalue weighted by atomic mass is 79.9. The second-order valence-corrected chi connectivity index (χ2v) is 6.60. The standard InChI is InChI=1S/C12H18BrN3S/c1-12(2,11(14)15)6-3-7-17-10-5-4-9(13)8-16-10/h4-5,8H,3,6-7H2,1-2H3,(H3,14,15). The van der Waals surface area contributed by atoms with Gasteiger partial charge in [-0.05, 0) is 46.7 Å². The number of pyridine rings is 1. The first-order valence-corrected chi connectivity index (χ1v) is 7.28. The highest BCUT2D eigenvalue weighted by Crippen LogP contribution is 2.25. The van der Waals surface area contributed by atoms with E-state index in [2.05, 4.69) is 20.9 Å². The van der Waals surface area contributed by atoms with Gasteiger partial charge in [0.05, 0.1) is 10.9 Å². The van der Waals surface area contributed by atoms with Crippen molar-refractivity contribution in [3.63, 3.8) is 0 Å². The van der Waals surface area contributed by atoms with Gasteiger partial charge in [0.2, 0.25) is 0 Å². The van der Waals surface area contributed by atoms with E-state index < -0.39 is 0 Å². The van der Waals surface area contributed by atoms with Crippen LogP contribution in [0.25, 0.3) is 0 Å². The predicted octanol–water partition coefficient (Wildman–Crippen LogP) is 3.68. The van der Waals surface area contributed by atoms with Crippen LogP contribution >= 0.6 is 27.7 Å². The SMILES string of the molecule is CC(C)(CCCSc1ccc(Br)cn1)C(=N)N. The van der Waals surface area contributed by atoms with Gasteiger partial charge in [-0.15, -0.1) is 11.8 Å². The van der Waals surface area contributed by atoms with Crippen LogP contribution in [0.2, 0.25) is 0 Å². The second-order valence-electron chi connectivity index (χ2n) is 4.56.